The van der Waals surface area contributed by atoms with Gasteiger partial charge in [0.1, 0.15) is 4.49 Å². The molecule has 16 heavy (non-hydrogen) atoms. The van der Waals surface area contributed by atoms with Crippen LogP contribution >= 0.6 is 34.8 Å². The first kappa shape index (κ1) is 11.8. The molecular weight excluding hydrogens is 263 g/mol. The Kier molecular flexibility index (Phi) is 3.75. The van der Waals surface area contributed by atoms with Crippen molar-refractivity contribution in [3.05, 3.63) is 57.6 Å². The maximum atomic E-state index is 5.92. The van der Waals surface area contributed by atoms with Gasteiger partial charge in [-0.05, 0) is 16.3 Å². The van der Waals surface area contributed by atoms with Crippen LogP contribution in [0.1, 0.15) is 5.56 Å². The third-order valence-electron chi connectivity index (χ3n) is 2.38. The van der Waals surface area contributed by atoms with Crippen molar-refractivity contribution in [2.45, 2.75) is 6.42 Å². The molecule has 0 heterocycles. The molecule has 0 aliphatic carbocycles. The lowest BCUT2D eigenvalue weighted by Crippen LogP contribution is -1.85. The van der Waals surface area contributed by atoms with Gasteiger partial charge < -0.3 is 0 Å². The average molecular weight is 272 g/mol. The van der Waals surface area contributed by atoms with Crippen LogP contribution in [0.3, 0.4) is 0 Å². The number of hydrogen-bond donors (Lipinski definition) is 0. The molecular formula is C13H9Cl3. The monoisotopic (exact) mass is 270 g/mol. The topological polar surface area (TPSA) is 0 Å². The van der Waals surface area contributed by atoms with Crippen LogP contribution in [0.2, 0.25) is 0 Å². The minimum atomic E-state index is 0.134. The van der Waals surface area contributed by atoms with Gasteiger partial charge in [0.2, 0.25) is 0 Å². The molecule has 0 saturated heterocycles. The van der Waals surface area contributed by atoms with E-state index in [2.05, 4.69) is 24.3 Å². The van der Waals surface area contributed by atoms with Crippen molar-refractivity contribution < 1.29 is 0 Å². The normalized spacial score (nSPS) is 10.4. The quantitative estimate of drug-likeness (QED) is 0.698. The Morgan fingerprint density at radius 2 is 1.56 bits per heavy atom. The van der Waals surface area contributed by atoms with E-state index >= 15 is 0 Å². The lowest BCUT2D eigenvalue weighted by atomic mass is 10.1. The van der Waals surface area contributed by atoms with Gasteiger partial charge in [0.05, 0.1) is 5.03 Å². The van der Waals surface area contributed by atoms with Gasteiger partial charge in [0.15, 0.2) is 0 Å². The summed E-state index contributed by atoms with van der Waals surface area (Å²) >= 11 is 17.1. The first-order valence-electron chi connectivity index (χ1n) is 4.84. The van der Waals surface area contributed by atoms with Crippen LogP contribution in [0, 0.1) is 0 Å². The molecule has 0 amide bonds. The van der Waals surface area contributed by atoms with Crippen molar-refractivity contribution >= 4 is 45.6 Å². The second kappa shape index (κ2) is 5.09. The summed E-state index contributed by atoms with van der Waals surface area (Å²) < 4.78 is 0.134. The van der Waals surface area contributed by atoms with Gasteiger partial charge in [-0.1, -0.05) is 77.3 Å². The third-order valence-corrected chi connectivity index (χ3v) is 3.35. The predicted molar refractivity (Wildman–Crippen MR) is 72.2 cm³/mol. The molecule has 0 radical (unpaired) electrons. The van der Waals surface area contributed by atoms with Crippen molar-refractivity contribution in [3.8, 4) is 0 Å². The van der Waals surface area contributed by atoms with E-state index < -0.39 is 0 Å². The van der Waals surface area contributed by atoms with Crippen molar-refractivity contribution in [3.63, 3.8) is 0 Å². The Morgan fingerprint density at radius 3 is 2.25 bits per heavy atom. The van der Waals surface area contributed by atoms with Gasteiger partial charge in [-0.25, -0.2) is 0 Å². The standard InChI is InChI=1S/C13H9Cl3/c14-12(13(15)16)8-9-5-6-10-3-1-2-4-11(10)7-9/h1-7H,8H2. The highest BCUT2D eigenvalue weighted by atomic mass is 35.5. The molecule has 2 aromatic rings. The molecule has 2 rings (SSSR count). The molecule has 82 valence electrons. The molecule has 2 aromatic carbocycles. The van der Waals surface area contributed by atoms with Crippen LogP contribution in [-0.4, -0.2) is 0 Å². The number of fused-ring (bicyclic) bond motifs is 1. The SMILES string of the molecule is ClC(Cl)=C(Cl)Cc1ccc2ccccc2c1. The molecule has 0 nitrogen and oxygen atoms in total. The molecule has 0 bridgehead atoms. The number of rotatable bonds is 2. The zero-order chi connectivity index (χ0) is 11.5. The van der Waals surface area contributed by atoms with Crippen LogP contribution < -0.4 is 0 Å². The van der Waals surface area contributed by atoms with Crippen LogP contribution in [0.15, 0.2) is 52.0 Å². The molecule has 0 N–H and O–H groups in total. The minimum absolute atomic E-state index is 0.134. The molecule has 0 aromatic heterocycles. The smallest absolute Gasteiger partial charge is 0.0862 e. The summed E-state index contributed by atoms with van der Waals surface area (Å²) in [6.45, 7) is 0. The number of allylic oxidation sites excluding steroid dienone is 1. The Labute approximate surface area is 109 Å². The van der Waals surface area contributed by atoms with E-state index in [1.165, 1.54) is 10.8 Å². The summed E-state index contributed by atoms with van der Waals surface area (Å²) in [6, 6.07) is 14.4. The predicted octanol–water partition coefficient (Wildman–Crippen LogP) is 5.27. The molecule has 0 unspecified atom stereocenters. The van der Waals surface area contributed by atoms with Crippen LogP contribution in [0.5, 0.6) is 0 Å². The van der Waals surface area contributed by atoms with E-state index in [0.717, 1.165) is 5.56 Å². The zero-order valence-electron chi connectivity index (χ0n) is 8.38. The summed E-state index contributed by atoms with van der Waals surface area (Å²) in [6.07, 6.45) is 0.564. The Morgan fingerprint density at radius 1 is 0.875 bits per heavy atom. The van der Waals surface area contributed by atoms with Gasteiger partial charge in [0.25, 0.3) is 0 Å². The van der Waals surface area contributed by atoms with E-state index in [9.17, 15) is 0 Å². The lowest BCUT2D eigenvalue weighted by molar-refractivity contribution is 1.25. The molecule has 0 fully saturated rings. The Balaban J connectivity index is 2.37. The highest BCUT2D eigenvalue weighted by molar-refractivity contribution is 6.59. The first-order valence-corrected chi connectivity index (χ1v) is 5.97. The lowest BCUT2D eigenvalue weighted by Gasteiger charge is -2.03. The first-order chi connectivity index (χ1) is 7.66. The second-order valence-electron chi connectivity index (χ2n) is 3.52. The largest absolute Gasteiger partial charge is 0.121 e. The summed E-state index contributed by atoms with van der Waals surface area (Å²) in [5, 5.41) is 2.87. The fraction of sp³-hybridized carbons (Fsp3) is 0.0769. The fourth-order valence-corrected chi connectivity index (χ4v) is 1.88. The highest BCUT2D eigenvalue weighted by Gasteiger charge is 2.02. The van der Waals surface area contributed by atoms with Crippen LogP contribution in [0.25, 0.3) is 10.8 Å². The van der Waals surface area contributed by atoms with Gasteiger partial charge in [0, 0.05) is 6.42 Å². The maximum absolute atomic E-state index is 5.92. The summed E-state index contributed by atoms with van der Waals surface area (Å²) in [7, 11) is 0. The van der Waals surface area contributed by atoms with Crippen LogP contribution in [-0.2, 0) is 6.42 Å². The van der Waals surface area contributed by atoms with Crippen LogP contribution in [0.4, 0.5) is 0 Å². The van der Waals surface area contributed by atoms with Crippen molar-refractivity contribution in [1.82, 2.24) is 0 Å². The van der Waals surface area contributed by atoms with Gasteiger partial charge in [-0.3, -0.25) is 0 Å². The number of hydrogen-bond acceptors (Lipinski definition) is 0. The van der Waals surface area contributed by atoms with Crippen molar-refractivity contribution in [2.75, 3.05) is 0 Å². The zero-order valence-corrected chi connectivity index (χ0v) is 10.7. The van der Waals surface area contributed by atoms with Gasteiger partial charge >= 0.3 is 0 Å². The third kappa shape index (κ3) is 2.70. The molecule has 0 atom stereocenters. The summed E-state index contributed by atoms with van der Waals surface area (Å²) in [4.78, 5) is 0. The highest BCUT2D eigenvalue weighted by Crippen LogP contribution is 2.23. The molecule has 0 aliphatic rings. The Bertz CT molecular complexity index is 540. The number of halogens is 3. The number of benzene rings is 2. The second-order valence-corrected chi connectivity index (χ2v) is 4.93. The molecule has 0 saturated carbocycles. The van der Waals surface area contributed by atoms with E-state index in [4.69, 9.17) is 34.8 Å². The minimum Gasteiger partial charge on any atom is -0.0862 e. The Hall–Kier alpha value is -0.690. The summed E-state index contributed by atoms with van der Waals surface area (Å²) in [5.74, 6) is 0. The summed E-state index contributed by atoms with van der Waals surface area (Å²) in [5.41, 5.74) is 1.10. The van der Waals surface area contributed by atoms with E-state index in [-0.39, 0.29) is 4.49 Å². The van der Waals surface area contributed by atoms with Crippen molar-refractivity contribution in [2.24, 2.45) is 0 Å². The molecule has 0 aliphatic heterocycles. The van der Waals surface area contributed by atoms with E-state index in [1.54, 1.807) is 0 Å². The fourth-order valence-electron chi connectivity index (χ4n) is 1.59. The molecule has 3 heteroatoms. The van der Waals surface area contributed by atoms with Gasteiger partial charge in [-0.15, -0.1) is 0 Å². The maximum Gasteiger partial charge on any atom is 0.121 e. The molecule has 0 spiro atoms. The van der Waals surface area contributed by atoms with Gasteiger partial charge in [-0.2, -0.15) is 0 Å². The van der Waals surface area contributed by atoms with E-state index in [0.29, 0.717) is 11.5 Å². The van der Waals surface area contributed by atoms with E-state index in [1.807, 2.05) is 18.2 Å². The van der Waals surface area contributed by atoms with Crippen molar-refractivity contribution in [1.29, 1.82) is 0 Å². The average Bonchev–Trinajstić information content (AvgIpc) is 2.28.